The second-order valence-electron chi connectivity index (χ2n) is 4.19. The molecule has 88 valence electrons. The first kappa shape index (κ1) is 12.1. The van der Waals surface area contributed by atoms with Crippen molar-refractivity contribution in [1.29, 1.82) is 0 Å². The molecule has 2 N–H and O–H groups in total. The predicted molar refractivity (Wildman–Crippen MR) is 70.0 cm³/mol. The minimum Gasteiger partial charge on any atom is -0.349 e. The van der Waals surface area contributed by atoms with Crippen LogP contribution in [0.5, 0.6) is 0 Å². The van der Waals surface area contributed by atoms with Crippen LogP contribution in [0, 0.1) is 0 Å². The summed E-state index contributed by atoms with van der Waals surface area (Å²) in [5, 5.41) is 8.34. The van der Waals surface area contributed by atoms with Gasteiger partial charge in [0, 0.05) is 17.5 Å². The molecule has 1 fully saturated rings. The molecule has 1 amide bonds. The molecule has 0 spiro atoms. The van der Waals surface area contributed by atoms with Crippen molar-refractivity contribution in [2.24, 2.45) is 0 Å². The average Bonchev–Trinajstić information content (AvgIpc) is 2.65. The summed E-state index contributed by atoms with van der Waals surface area (Å²) in [4.78, 5) is 11.9. The quantitative estimate of drug-likeness (QED) is 0.881. The van der Waals surface area contributed by atoms with Crippen molar-refractivity contribution in [2.45, 2.75) is 31.8 Å². The molecule has 16 heavy (non-hydrogen) atoms. The maximum atomic E-state index is 11.9. The highest BCUT2D eigenvalue weighted by Gasteiger charge is 2.20. The van der Waals surface area contributed by atoms with Gasteiger partial charge in [-0.25, -0.2) is 0 Å². The van der Waals surface area contributed by atoms with E-state index in [1.54, 1.807) is 0 Å². The maximum Gasteiger partial charge on any atom is 0.252 e. The van der Waals surface area contributed by atoms with Gasteiger partial charge in [-0.05, 0) is 48.3 Å². The summed E-state index contributed by atoms with van der Waals surface area (Å²) in [6.07, 6.45) is 2.03. The number of rotatable bonds is 2. The largest absolute Gasteiger partial charge is 0.349 e. The minimum absolute atomic E-state index is 0.0426. The molecular formula is C11H15BrN2OS. The molecule has 1 aliphatic heterocycles. The Labute approximate surface area is 108 Å². The van der Waals surface area contributed by atoms with E-state index in [2.05, 4.69) is 33.5 Å². The van der Waals surface area contributed by atoms with E-state index in [1.807, 2.05) is 11.4 Å². The lowest BCUT2D eigenvalue weighted by atomic mass is 10.0. The van der Waals surface area contributed by atoms with E-state index in [9.17, 15) is 4.79 Å². The lowest BCUT2D eigenvalue weighted by Crippen LogP contribution is -2.46. The Morgan fingerprint density at radius 1 is 1.69 bits per heavy atom. The summed E-state index contributed by atoms with van der Waals surface area (Å²) in [7, 11) is 0. The zero-order valence-electron chi connectivity index (χ0n) is 9.13. The highest BCUT2D eigenvalue weighted by Crippen LogP contribution is 2.21. The number of thiophene rings is 1. The number of amides is 1. The minimum atomic E-state index is 0.0426. The third-order valence-electron chi connectivity index (χ3n) is 2.79. The van der Waals surface area contributed by atoms with E-state index in [4.69, 9.17) is 0 Å². The molecule has 2 rings (SSSR count). The third kappa shape index (κ3) is 3.06. The van der Waals surface area contributed by atoms with Crippen molar-refractivity contribution in [2.75, 3.05) is 6.54 Å². The average molecular weight is 303 g/mol. The first-order chi connectivity index (χ1) is 7.65. The summed E-state index contributed by atoms with van der Waals surface area (Å²) in [5.41, 5.74) is 0.753. The van der Waals surface area contributed by atoms with E-state index in [-0.39, 0.29) is 5.91 Å². The second kappa shape index (κ2) is 5.29. The number of hydrogen-bond donors (Lipinski definition) is 2. The molecule has 2 heterocycles. The number of piperidine rings is 1. The molecule has 0 aromatic carbocycles. The molecule has 1 aliphatic rings. The molecule has 0 bridgehead atoms. The van der Waals surface area contributed by atoms with E-state index in [0.717, 1.165) is 28.7 Å². The Morgan fingerprint density at radius 3 is 3.12 bits per heavy atom. The van der Waals surface area contributed by atoms with Gasteiger partial charge in [0.05, 0.1) is 9.35 Å². The SMILES string of the molecule is CC1CC(NC(=O)c2csc(Br)c2)CCN1. The first-order valence-corrected chi connectivity index (χ1v) is 7.10. The van der Waals surface area contributed by atoms with Crippen molar-refractivity contribution in [3.05, 3.63) is 20.8 Å². The van der Waals surface area contributed by atoms with Gasteiger partial charge in [0.25, 0.3) is 5.91 Å². The molecular weight excluding hydrogens is 288 g/mol. The van der Waals surface area contributed by atoms with Crippen LogP contribution >= 0.6 is 27.3 Å². The van der Waals surface area contributed by atoms with Crippen molar-refractivity contribution < 1.29 is 4.79 Å². The molecule has 2 atom stereocenters. The fourth-order valence-electron chi connectivity index (χ4n) is 1.96. The van der Waals surface area contributed by atoms with Crippen molar-refractivity contribution in [1.82, 2.24) is 10.6 Å². The van der Waals surface area contributed by atoms with Gasteiger partial charge in [0.1, 0.15) is 0 Å². The van der Waals surface area contributed by atoms with Crippen LogP contribution in [0.1, 0.15) is 30.1 Å². The predicted octanol–water partition coefficient (Wildman–Crippen LogP) is 2.38. The molecule has 2 unspecified atom stereocenters. The first-order valence-electron chi connectivity index (χ1n) is 5.43. The molecule has 1 saturated heterocycles. The van der Waals surface area contributed by atoms with E-state index in [0.29, 0.717) is 12.1 Å². The van der Waals surface area contributed by atoms with Gasteiger partial charge in [-0.1, -0.05) is 0 Å². The van der Waals surface area contributed by atoms with Crippen LogP contribution in [-0.4, -0.2) is 24.5 Å². The van der Waals surface area contributed by atoms with Crippen LogP contribution in [0.25, 0.3) is 0 Å². The summed E-state index contributed by atoms with van der Waals surface area (Å²) in [6.45, 7) is 3.14. The Hall–Kier alpha value is -0.390. The van der Waals surface area contributed by atoms with Gasteiger partial charge in [-0.15, -0.1) is 11.3 Å². The van der Waals surface area contributed by atoms with Gasteiger partial charge in [0.2, 0.25) is 0 Å². The maximum absolute atomic E-state index is 11.9. The fraction of sp³-hybridized carbons (Fsp3) is 0.545. The van der Waals surface area contributed by atoms with Gasteiger partial charge in [-0.2, -0.15) is 0 Å². The van der Waals surface area contributed by atoms with E-state index in [1.165, 1.54) is 11.3 Å². The van der Waals surface area contributed by atoms with E-state index >= 15 is 0 Å². The molecule has 3 nitrogen and oxygen atoms in total. The molecule has 0 aliphatic carbocycles. The second-order valence-corrected chi connectivity index (χ2v) is 6.48. The van der Waals surface area contributed by atoms with Crippen LogP contribution in [0.15, 0.2) is 15.2 Å². The monoisotopic (exact) mass is 302 g/mol. The summed E-state index contributed by atoms with van der Waals surface area (Å²) >= 11 is 4.90. The highest BCUT2D eigenvalue weighted by molar-refractivity contribution is 9.11. The van der Waals surface area contributed by atoms with Gasteiger partial charge >= 0.3 is 0 Å². The Balaban J connectivity index is 1.92. The molecule has 0 saturated carbocycles. The van der Waals surface area contributed by atoms with Crippen LogP contribution in [0.2, 0.25) is 0 Å². The zero-order chi connectivity index (χ0) is 11.5. The number of hydrogen-bond acceptors (Lipinski definition) is 3. The smallest absolute Gasteiger partial charge is 0.252 e. The number of nitrogens with one attached hydrogen (secondary N) is 2. The van der Waals surface area contributed by atoms with E-state index < -0.39 is 0 Å². The van der Waals surface area contributed by atoms with Crippen LogP contribution in [0.3, 0.4) is 0 Å². The Morgan fingerprint density at radius 2 is 2.50 bits per heavy atom. The molecule has 5 heteroatoms. The van der Waals surface area contributed by atoms with Crippen molar-refractivity contribution in [3.8, 4) is 0 Å². The number of carbonyl (C=O) groups is 1. The topological polar surface area (TPSA) is 41.1 Å². The fourth-order valence-corrected chi connectivity index (χ4v) is 3.10. The Bertz CT molecular complexity index is 380. The van der Waals surface area contributed by atoms with Crippen LogP contribution in [-0.2, 0) is 0 Å². The number of carbonyl (C=O) groups excluding carboxylic acids is 1. The Kier molecular flexibility index (Phi) is 4.00. The van der Waals surface area contributed by atoms with Crippen LogP contribution < -0.4 is 10.6 Å². The standard InChI is InChI=1S/C11H15BrN2OS/c1-7-4-9(2-3-13-7)14-11(15)8-5-10(12)16-6-8/h5-7,9,13H,2-4H2,1H3,(H,14,15). The van der Waals surface area contributed by atoms with Gasteiger partial charge in [-0.3, -0.25) is 4.79 Å². The zero-order valence-corrected chi connectivity index (χ0v) is 11.5. The lowest BCUT2D eigenvalue weighted by Gasteiger charge is -2.28. The number of halogens is 1. The molecule has 1 aromatic rings. The highest BCUT2D eigenvalue weighted by atomic mass is 79.9. The van der Waals surface area contributed by atoms with Gasteiger partial charge < -0.3 is 10.6 Å². The van der Waals surface area contributed by atoms with Crippen LogP contribution in [0.4, 0.5) is 0 Å². The van der Waals surface area contributed by atoms with Gasteiger partial charge in [0.15, 0.2) is 0 Å². The van der Waals surface area contributed by atoms with Crippen molar-refractivity contribution >= 4 is 33.2 Å². The lowest BCUT2D eigenvalue weighted by molar-refractivity contribution is 0.0926. The summed E-state index contributed by atoms with van der Waals surface area (Å²) in [5.74, 6) is 0.0426. The third-order valence-corrected chi connectivity index (χ3v) is 4.29. The molecule has 0 radical (unpaired) electrons. The molecule has 1 aromatic heterocycles. The van der Waals surface area contributed by atoms with Crippen molar-refractivity contribution in [3.63, 3.8) is 0 Å². The normalized spacial score (nSPS) is 25.4. The summed E-state index contributed by atoms with van der Waals surface area (Å²) < 4.78 is 0.997. The summed E-state index contributed by atoms with van der Waals surface area (Å²) in [6, 6.07) is 2.67.